The maximum Gasteiger partial charge on any atom is 0.254 e. The van der Waals surface area contributed by atoms with E-state index in [4.69, 9.17) is 10.5 Å². The first kappa shape index (κ1) is 17.7. The zero-order valence-electron chi connectivity index (χ0n) is 12.5. The van der Waals surface area contributed by atoms with Crippen molar-refractivity contribution in [2.45, 2.75) is 19.8 Å². The molecule has 0 atom stereocenters. The normalized spacial score (nSPS) is 11.1. The summed E-state index contributed by atoms with van der Waals surface area (Å²) in [7, 11) is 0. The molecule has 0 aromatic heterocycles. The number of carbonyl (C=O) groups is 1. The number of nitrogens with two attached hydrogens (primary N) is 1. The van der Waals surface area contributed by atoms with Crippen LogP contribution in [0.1, 0.15) is 30.1 Å². The third kappa shape index (κ3) is 5.20. The van der Waals surface area contributed by atoms with E-state index in [9.17, 15) is 13.6 Å². The number of ether oxygens (including phenoxy) is 1. The van der Waals surface area contributed by atoms with Crippen LogP contribution in [0.5, 0.6) is 0 Å². The number of allylic oxidation sites excluding steroid dienone is 3. The Hall–Kier alpha value is -2.37. The van der Waals surface area contributed by atoms with Gasteiger partial charge in [-0.15, -0.1) is 0 Å². The average Bonchev–Trinajstić information content (AvgIpc) is 2.44. The molecule has 0 bridgehead atoms. The molecular formula is C16H20F2N2O2. The van der Waals surface area contributed by atoms with Gasteiger partial charge in [-0.3, -0.25) is 4.79 Å². The largest absolute Gasteiger partial charge is 0.498 e. The van der Waals surface area contributed by atoms with Crippen LogP contribution in [0.3, 0.4) is 0 Å². The topological polar surface area (TPSA) is 64.3 Å². The summed E-state index contributed by atoms with van der Waals surface area (Å²) in [6.07, 6.45) is 4.90. The molecule has 0 unspecified atom stereocenters. The quantitative estimate of drug-likeness (QED) is 0.417. The van der Waals surface area contributed by atoms with E-state index in [2.05, 4.69) is 11.9 Å². The molecule has 1 amide bonds. The highest BCUT2D eigenvalue weighted by Crippen LogP contribution is 2.20. The lowest BCUT2D eigenvalue weighted by Crippen LogP contribution is -2.17. The van der Waals surface area contributed by atoms with Crippen LogP contribution in [0.15, 0.2) is 36.6 Å². The second-order valence-electron chi connectivity index (χ2n) is 4.64. The Morgan fingerprint density at radius 3 is 2.77 bits per heavy atom. The summed E-state index contributed by atoms with van der Waals surface area (Å²) in [5, 5.41) is 2.81. The zero-order valence-corrected chi connectivity index (χ0v) is 12.5. The molecule has 3 N–H and O–H groups in total. The number of primary amides is 1. The fraction of sp³-hybridized carbons (Fsp3) is 0.312. The smallest absolute Gasteiger partial charge is 0.254 e. The van der Waals surface area contributed by atoms with E-state index in [0.29, 0.717) is 13.2 Å². The Morgan fingerprint density at radius 1 is 1.41 bits per heavy atom. The molecule has 0 aliphatic carbocycles. The molecule has 6 heteroatoms. The van der Waals surface area contributed by atoms with Gasteiger partial charge in [0.05, 0.1) is 18.1 Å². The Balaban J connectivity index is 2.43. The van der Waals surface area contributed by atoms with Crippen LogP contribution < -0.4 is 11.1 Å². The summed E-state index contributed by atoms with van der Waals surface area (Å²) >= 11 is 0. The number of hydrogen-bond acceptors (Lipinski definition) is 3. The highest BCUT2D eigenvalue weighted by molar-refractivity contribution is 5.94. The van der Waals surface area contributed by atoms with Crippen LogP contribution in [0, 0.1) is 11.6 Å². The van der Waals surface area contributed by atoms with Crippen molar-refractivity contribution in [3.8, 4) is 0 Å². The van der Waals surface area contributed by atoms with Crippen molar-refractivity contribution in [1.29, 1.82) is 0 Å². The number of rotatable bonds is 9. The second-order valence-corrected chi connectivity index (χ2v) is 4.64. The van der Waals surface area contributed by atoms with Gasteiger partial charge < -0.3 is 15.8 Å². The van der Waals surface area contributed by atoms with Gasteiger partial charge in [0.15, 0.2) is 5.82 Å². The Bertz CT molecular complexity index is 572. The van der Waals surface area contributed by atoms with Gasteiger partial charge >= 0.3 is 0 Å². The van der Waals surface area contributed by atoms with Crippen LogP contribution >= 0.6 is 0 Å². The van der Waals surface area contributed by atoms with E-state index < -0.39 is 23.1 Å². The van der Waals surface area contributed by atoms with E-state index in [0.717, 1.165) is 24.7 Å². The first-order valence-corrected chi connectivity index (χ1v) is 6.91. The summed E-state index contributed by atoms with van der Waals surface area (Å²) in [6, 6.07) is 2.25. The van der Waals surface area contributed by atoms with Gasteiger partial charge in [0.25, 0.3) is 5.91 Å². The maximum atomic E-state index is 13.9. The van der Waals surface area contributed by atoms with E-state index in [1.807, 2.05) is 6.92 Å². The fourth-order valence-electron chi connectivity index (χ4n) is 1.81. The van der Waals surface area contributed by atoms with Gasteiger partial charge in [-0.2, -0.15) is 0 Å². The average molecular weight is 310 g/mol. The molecule has 0 aliphatic heterocycles. The van der Waals surface area contributed by atoms with Gasteiger partial charge in [0.2, 0.25) is 0 Å². The van der Waals surface area contributed by atoms with E-state index >= 15 is 0 Å². The number of nitrogens with one attached hydrogen (secondary N) is 1. The second kappa shape index (κ2) is 8.81. The summed E-state index contributed by atoms with van der Waals surface area (Å²) in [5.74, 6) is -2.28. The first-order valence-electron chi connectivity index (χ1n) is 6.91. The molecule has 0 heterocycles. The predicted molar refractivity (Wildman–Crippen MR) is 82.5 cm³/mol. The molecule has 120 valence electrons. The first-order chi connectivity index (χ1) is 10.5. The van der Waals surface area contributed by atoms with Crippen LogP contribution in [0.25, 0.3) is 0 Å². The highest BCUT2D eigenvalue weighted by Gasteiger charge is 2.17. The SMILES string of the molecule is C=C/C=C(\C)OCCCCNc1ccc(F)c(C(N)=O)c1F. The van der Waals surface area contributed by atoms with Crippen molar-refractivity contribution >= 4 is 11.6 Å². The van der Waals surface area contributed by atoms with E-state index in [-0.39, 0.29) is 5.69 Å². The zero-order chi connectivity index (χ0) is 16.5. The van der Waals surface area contributed by atoms with E-state index in [1.54, 1.807) is 12.2 Å². The van der Waals surface area contributed by atoms with Gasteiger partial charge in [-0.1, -0.05) is 12.7 Å². The minimum atomic E-state index is -1.13. The van der Waals surface area contributed by atoms with E-state index in [1.165, 1.54) is 6.07 Å². The summed E-state index contributed by atoms with van der Waals surface area (Å²) in [4.78, 5) is 11.0. The van der Waals surface area contributed by atoms with Gasteiger partial charge in [0, 0.05) is 6.54 Å². The van der Waals surface area contributed by atoms with Crippen molar-refractivity contribution in [2.24, 2.45) is 5.73 Å². The molecule has 0 radical (unpaired) electrons. The summed E-state index contributed by atoms with van der Waals surface area (Å²) in [5.41, 5.74) is 4.29. The van der Waals surface area contributed by atoms with Crippen molar-refractivity contribution in [3.05, 3.63) is 53.8 Å². The van der Waals surface area contributed by atoms with Crippen LogP contribution in [0.2, 0.25) is 0 Å². The van der Waals surface area contributed by atoms with Crippen LogP contribution in [-0.2, 0) is 4.74 Å². The Labute approximate surface area is 128 Å². The molecule has 4 nitrogen and oxygen atoms in total. The van der Waals surface area contributed by atoms with Crippen molar-refractivity contribution in [1.82, 2.24) is 0 Å². The summed E-state index contributed by atoms with van der Waals surface area (Å²) < 4.78 is 32.6. The maximum absolute atomic E-state index is 13.9. The van der Waals surface area contributed by atoms with Crippen molar-refractivity contribution in [3.63, 3.8) is 0 Å². The minimum Gasteiger partial charge on any atom is -0.498 e. The Morgan fingerprint density at radius 2 is 2.14 bits per heavy atom. The Kier molecular flexibility index (Phi) is 7.08. The highest BCUT2D eigenvalue weighted by atomic mass is 19.1. The lowest BCUT2D eigenvalue weighted by atomic mass is 10.1. The predicted octanol–water partition coefficient (Wildman–Crippen LogP) is 3.36. The number of amides is 1. The lowest BCUT2D eigenvalue weighted by molar-refractivity contribution is 0.0992. The number of halogens is 2. The van der Waals surface area contributed by atoms with Gasteiger partial charge in [-0.25, -0.2) is 8.78 Å². The standard InChI is InChI=1S/C16H20F2N2O2/c1-3-6-11(2)22-10-5-4-9-20-13-8-7-12(17)14(15(13)18)16(19)21/h3,6-8,20H,1,4-5,9-10H2,2H3,(H2,19,21)/b11-6+. The molecule has 0 aliphatic rings. The molecule has 0 spiro atoms. The molecule has 1 rings (SSSR count). The lowest BCUT2D eigenvalue weighted by Gasteiger charge is -2.10. The number of hydrogen-bond donors (Lipinski definition) is 2. The number of carbonyl (C=O) groups excluding carboxylic acids is 1. The molecule has 0 saturated heterocycles. The van der Waals surface area contributed by atoms with Crippen LogP contribution in [0.4, 0.5) is 14.5 Å². The monoisotopic (exact) mass is 310 g/mol. The number of benzene rings is 1. The van der Waals surface area contributed by atoms with Crippen molar-refractivity contribution in [2.75, 3.05) is 18.5 Å². The fourth-order valence-corrected chi connectivity index (χ4v) is 1.81. The van der Waals surface area contributed by atoms with Gasteiger partial charge in [-0.05, 0) is 38.0 Å². The van der Waals surface area contributed by atoms with Crippen LogP contribution in [-0.4, -0.2) is 19.1 Å². The molecular weight excluding hydrogens is 290 g/mol. The molecule has 22 heavy (non-hydrogen) atoms. The third-order valence-corrected chi connectivity index (χ3v) is 2.91. The molecule has 1 aromatic carbocycles. The third-order valence-electron chi connectivity index (χ3n) is 2.91. The number of anilines is 1. The summed E-state index contributed by atoms with van der Waals surface area (Å²) in [6.45, 7) is 6.40. The minimum absolute atomic E-state index is 0.0545. The van der Waals surface area contributed by atoms with Gasteiger partial charge in [0.1, 0.15) is 11.4 Å². The molecule has 0 saturated carbocycles. The number of unbranched alkanes of at least 4 members (excludes halogenated alkanes) is 1. The van der Waals surface area contributed by atoms with Crippen molar-refractivity contribution < 1.29 is 18.3 Å². The molecule has 1 aromatic rings. The molecule has 0 fully saturated rings.